The molecule has 3 aromatic rings. The highest BCUT2D eigenvalue weighted by Crippen LogP contribution is 2.14. The Bertz CT molecular complexity index is 703. The average molecular weight is 258 g/mol. The SMILES string of the molecule is Cc1cccn2nc(Cc3cccc(Cl)c3)nc12. The Morgan fingerprint density at radius 2 is 2.11 bits per heavy atom. The normalized spacial score (nSPS) is 11.0. The summed E-state index contributed by atoms with van der Waals surface area (Å²) >= 11 is 5.97. The monoisotopic (exact) mass is 257 g/mol. The van der Waals surface area contributed by atoms with Crippen molar-refractivity contribution in [1.82, 2.24) is 14.6 Å². The molecule has 0 amide bonds. The fourth-order valence-electron chi connectivity index (χ4n) is 1.99. The number of aryl methyl sites for hydroxylation is 1. The molecule has 0 fully saturated rings. The average Bonchev–Trinajstić information content (AvgIpc) is 2.73. The van der Waals surface area contributed by atoms with E-state index >= 15 is 0 Å². The van der Waals surface area contributed by atoms with Gasteiger partial charge < -0.3 is 0 Å². The summed E-state index contributed by atoms with van der Waals surface area (Å²) in [6.45, 7) is 2.03. The molecular weight excluding hydrogens is 246 g/mol. The van der Waals surface area contributed by atoms with E-state index in [0.29, 0.717) is 6.42 Å². The number of aromatic nitrogens is 3. The van der Waals surface area contributed by atoms with Gasteiger partial charge in [-0.25, -0.2) is 9.50 Å². The molecule has 2 aromatic heterocycles. The van der Waals surface area contributed by atoms with Crippen molar-refractivity contribution in [3.8, 4) is 0 Å². The molecule has 0 aliphatic rings. The zero-order valence-electron chi connectivity index (χ0n) is 9.97. The Morgan fingerprint density at radius 1 is 1.22 bits per heavy atom. The summed E-state index contributed by atoms with van der Waals surface area (Å²) in [5.41, 5.74) is 3.16. The van der Waals surface area contributed by atoms with E-state index in [-0.39, 0.29) is 0 Å². The third-order valence-corrected chi connectivity index (χ3v) is 3.09. The molecule has 0 spiro atoms. The predicted molar refractivity (Wildman–Crippen MR) is 72.0 cm³/mol. The highest BCUT2D eigenvalue weighted by Gasteiger charge is 2.06. The predicted octanol–water partition coefficient (Wildman–Crippen LogP) is 3.28. The third-order valence-electron chi connectivity index (χ3n) is 2.85. The van der Waals surface area contributed by atoms with Crippen molar-refractivity contribution in [3.05, 3.63) is 64.6 Å². The summed E-state index contributed by atoms with van der Waals surface area (Å²) in [6, 6.07) is 11.8. The Kier molecular flexibility index (Phi) is 2.76. The molecule has 0 radical (unpaired) electrons. The minimum absolute atomic E-state index is 0.696. The van der Waals surface area contributed by atoms with Gasteiger partial charge in [0.15, 0.2) is 11.5 Å². The molecule has 1 aromatic carbocycles. The van der Waals surface area contributed by atoms with Crippen LogP contribution in [0, 0.1) is 6.92 Å². The molecule has 4 heteroatoms. The Labute approximate surface area is 110 Å². The maximum atomic E-state index is 5.97. The first kappa shape index (κ1) is 11.2. The van der Waals surface area contributed by atoms with Crippen LogP contribution in [-0.2, 0) is 6.42 Å². The second kappa shape index (κ2) is 4.42. The lowest BCUT2D eigenvalue weighted by molar-refractivity contribution is 0.898. The van der Waals surface area contributed by atoms with Crippen molar-refractivity contribution < 1.29 is 0 Å². The van der Waals surface area contributed by atoms with Gasteiger partial charge in [-0.1, -0.05) is 29.8 Å². The van der Waals surface area contributed by atoms with Crippen molar-refractivity contribution in [2.75, 3.05) is 0 Å². The molecule has 0 bridgehead atoms. The van der Waals surface area contributed by atoms with E-state index in [4.69, 9.17) is 11.6 Å². The second-order valence-corrected chi connectivity index (χ2v) is 4.73. The van der Waals surface area contributed by atoms with Crippen molar-refractivity contribution in [3.63, 3.8) is 0 Å². The van der Waals surface area contributed by atoms with Crippen LogP contribution in [-0.4, -0.2) is 14.6 Å². The maximum Gasteiger partial charge on any atom is 0.158 e. The van der Waals surface area contributed by atoms with E-state index in [1.165, 1.54) is 0 Å². The van der Waals surface area contributed by atoms with Gasteiger partial charge in [0.05, 0.1) is 0 Å². The molecule has 90 valence electrons. The van der Waals surface area contributed by atoms with E-state index in [1.807, 2.05) is 54.0 Å². The summed E-state index contributed by atoms with van der Waals surface area (Å²) in [5.74, 6) is 0.812. The molecule has 0 unspecified atom stereocenters. The van der Waals surface area contributed by atoms with Gasteiger partial charge in [-0.15, -0.1) is 0 Å². The smallest absolute Gasteiger partial charge is 0.158 e. The molecule has 0 aliphatic heterocycles. The van der Waals surface area contributed by atoms with Gasteiger partial charge >= 0.3 is 0 Å². The number of rotatable bonds is 2. The highest BCUT2D eigenvalue weighted by molar-refractivity contribution is 6.30. The quantitative estimate of drug-likeness (QED) is 0.705. The fourth-order valence-corrected chi connectivity index (χ4v) is 2.20. The van der Waals surface area contributed by atoms with Gasteiger partial charge in [0.2, 0.25) is 0 Å². The van der Waals surface area contributed by atoms with Gasteiger partial charge in [0.25, 0.3) is 0 Å². The van der Waals surface area contributed by atoms with Crippen LogP contribution in [0.5, 0.6) is 0 Å². The van der Waals surface area contributed by atoms with Crippen LogP contribution in [0.25, 0.3) is 5.65 Å². The van der Waals surface area contributed by atoms with E-state index in [1.54, 1.807) is 0 Å². The van der Waals surface area contributed by atoms with Gasteiger partial charge in [0, 0.05) is 17.6 Å². The first-order valence-electron chi connectivity index (χ1n) is 5.78. The first-order valence-corrected chi connectivity index (χ1v) is 6.15. The van der Waals surface area contributed by atoms with Crippen molar-refractivity contribution >= 4 is 17.2 Å². The molecule has 3 rings (SSSR count). The summed E-state index contributed by atoms with van der Waals surface area (Å²) < 4.78 is 1.81. The molecule has 3 nitrogen and oxygen atoms in total. The summed E-state index contributed by atoms with van der Waals surface area (Å²) in [5, 5.41) is 5.20. The Balaban J connectivity index is 1.98. The van der Waals surface area contributed by atoms with E-state index in [9.17, 15) is 0 Å². The number of pyridine rings is 1. The first-order chi connectivity index (χ1) is 8.72. The van der Waals surface area contributed by atoms with Crippen LogP contribution < -0.4 is 0 Å². The number of hydrogen-bond donors (Lipinski definition) is 0. The minimum atomic E-state index is 0.696. The number of benzene rings is 1. The van der Waals surface area contributed by atoms with Gasteiger partial charge in [0.1, 0.15) is 0 Å². The molecular formula is C14H12ClN3. The lowest BCUT2D eigenvalue weighted by Crippen LogP contribution is -1.91. The maximum absolute atomic E-state index is 5.97. The van der Waals surface area contributed by atoms with E-state index in [0.717, 1.165) is 27.6 Å². The van der Waals surface area contributed by atoms with E-state index < -0.39 is 0 Å². The van der Waals surface area contributed by atoms with Crippen LogP contribution in [0.3, 0.4) is 0 Å². The highest BCUT2D eigenvalue weighted by atomic mass is 35.5. The standard InChI is InChI=1S/C14H12ClN3/c1-10-4-3-7-18-14(10)16-13(17-18)9-11-5-2-6-12(15)8-11/h2-8H,9H2,1H3. The summed E-state index contributed by atoms with van der Waals surface area (Å²) in [4.78, 5) is 4.55. The number of halogens is 1. The number of nitrogens with zero attached hydrogens (tertiary/aromatic N) is 3. The van der Waals surface area contributed by atoms with Gasteiger partial charge in [-0.3, -0.25) is 0 Å². The zero-order chi connectivity index (χ0) is 12.5. The molecule has 0 saturated carbocycles. The van der Waals surface area contributed by atoms with Crippen molar-refractivity contribution in [1.29, 1.82) is 0 Å². The minimum Gasteiger partial charge on any atom is -0.221 e. The van der Waals surface area contributed by atoms with Crippen LogP contribution in [0.1, 0.15) is 17.0 Å². The molecule has 0 atom stereocenters. The zero-order valence-corrected chi connectivity index (χ0v) is 10.7. The van der Waals surface area contributed by atoms with Crippen molar-refractivity contribution in [2.24, 2.45) is 0 Å². The molecule has 0 aliphatic carbocycles. The number of fused-ring (bicyclic) bond motifs is 1. The summed E-state index contributed by atoms with van der Waals surface area (Å²) in [6.07, 6.45) is 2.61. The fraction of sp³-hybridized carbons (Fsp3) is 0.143. The molecule has 18 heavy (non-hydrogen) atoms. The topological polar surface area (TPSA) is 30.2 Å². The summed E-state index contributed by atoms with van der Waals surface area (Å²) in [7, 11) is 0. The molecule has 0 saturated heterocycles. The second-order valence-electron chi connectivity index (χ2n) is 4.29. The number of hydrogen-bond acceptors (Lipinski definition) is 2. The van der Waals surface area contributed by atoms with Crippen molar-refractivity contribution in [2.45, 2.75) is 13.3 Å². The third kappa shape index (κ3) is 2.09. The van der Waals surface area contributed by atoms with Crippen LogP contribution >= 0.6 is 11.6 Å². The molecule has 2 heterocycles. The van der Waals surface area contributed by atoms with Crippen LogP contribution in [0.15, 0.2) is 42.6 Å². The van der Waals surface area contributed by atoms with Crippen LogP contribution in [0.2, 0.25) is 5.02 Å². The Hall–Kier alpha value is -1.87. The molecule has 0 N–H and O–H groups in total. The van der Waals surface area contributed by atoms with Gasteiger partial charge in [-0.05, 0) is 36.2 Å². The largest absolute Gasteiger partial charge is 0.221 e. The lowest BCUT2D eigenvalue weighted by Gasteiger charge is -1.97. The lowest BCUT2D eigenvalue weighted by atomic mass is 10.1. The van der Waals surface area contributed by atoms with Gasteiger partial charge in [-0.2, -0.15) is 5.10 Å². The Morgan fingerprint density at radius 3 is 2.89 bits per heavy atom. The van der Waals surface area contributed by atoms with Crippen LogP contribution in [0.4, 0.5) is 0 Å². The van der Waals surface area contributed by atoms with E-state index in [2.05, 4.69) is 10.1 Å².